The summed E-state index contributed by atoms with van der Waals surface area (Å²) in [4.78, 5) is 17.8. The summed E-state index contributed by atoms with van der Waals surface area (Å²) in [5, 5.41) is 7.03. The standard InChI is InChI=1S/C24H19Cl2N3O2S2/c1-13-9-14(2)22-20(10-13)28-23(31-22)18-11-16(5-8-19(18)26)27-24(32)29-21(30)12-33-17-6-3-15(25)4-7-17/h3-11H,12H2,1-2H3,(H2,27,29,30,32). The van der Waals surface area contributed by atoms with Crippen LogP contribution in [0, 0.1) is 13.8 Å². The molecule has 2 N–H and O–H groups in total. The van der Waals surface area contributed by atoms with E-state index in [0.29, 0.717) is 27.2 Å². The highest BCUT2D eigenvalue weighted by atomic mass is 35.5. The molecule has 1 aromatic heterocycles. The van der Waals surface area contributed by atoms with Crippen LogP contribution in [0.5, 0.6) is 0 Å². The first-order valence-electron chi connectivity index (χ1n) is 9.95. The minimum atomic E-state index is -0.216. The van der Waals surface area contributed by atoms with Crippen LogP contribution in [0.4, 0.5) is 5.69 Å². The van der Waals surface area contributed by atoms with E-state index in [9.17, 15) is 4.79 Å². The quantitative estimate of drug-likeness (QED) is 0.219. The van der Waals surface area contributed by atoms with E-state index in [1.165, 1.54) is 11.8 Å². The molecule has 0 aliphatic rings. The molecule has 0 unspecified atom stereocenters. The molecule has 4 rings (SSSR count). The summed E-state index contributed by atoms with van der Waals surface area (Å²) in [5.74, 6) is 0.421. The smallest absolute Gasteiger partial charge is 0.236 e. The van der Waals surface area contributed by atoms with Gasteiger partial charge in [-0.25, -0.2) is 4.98 Å². The van der Waals surface area contributed by atoms with Gasteiger partial charge < -0.3 is 15.1 Å². The third-order valence-electron chi connectivity index (χ3n) is 4.71. The highest BCUT2D eigenvalue weighted by Gasteiger charge is 2.15. The highest BCUT2D eigenvalue weighted by molar-refractivity contribution is 8.00. The Morgan fingerprint density at radius 1 is 1.09 bits per heavy atom. The number of fused-ring (bicyclic) bond motifs is 1. The van der Waals surface area contributed by atoms with Crippen LogP contribution >= 0.6 is 47.2 Å². The molecule has 168 valence electrons. The predicted octanol–water partition coefficient (Wildman–Crippen LogP) is 7.02. The van der Waals surface area contributed by atoms with Crippen LogP contribution in [-0.2, 0) is 4.79 Å². The first-order chi connectivity index (χ1) is 15.8. The summed E-state index contributed by atoms with van der Waals surface area (Å²) >= 11 is 19.0. The maximum absolute atomic E-state index is 12.3. The van der Waals surface area contributed by atoms with E-state index in [1.807, 2.05) is 38.1 Å². The lowest BCUT2D eigenvalue weighted by Gasteiger charge is -2.11. The molecular weight excluding hydrogens is 497 g/mol. The Bertz CT molecular complexity index is 1350. The van der Waals surface area contributed by atoms with Crippen molar-refractivity contribution in [2.24, 2.45) is 0 Å². The summed E-state index contributed by atoms with van der Waals surface area (Å²) in [7, 11) is 0. The third-order valence-corrected chi connectivity index (χ3v) is 6.51. The number of anilines is 1. The number of halogens is 2. The SMILES string of the molecule is Cc1cc(C)c2oc(-c3cc(NC(=S)NC(=O)CSc4ccc(Cl)cc4)ccc3Cl)nc2c1. The molecule has 9 heteroatoms. The molecule has 0 saturated heterocycles. The summed E-state index contributed by atoms with van der Waals surface area (Å²) in [6, 6.07) is 16.6. The van der Waals surface area contributed by atoms with Crippen molar-refractivity contribution in [2.75, 3.05) is 11.1 Å². The van der Waals surface area contributed by atoms with Gasteiger partial charge in [0, 0.05) is 15.6 Å². The van der Waals surface area contributed by atoms with Gasteiger partial charge in [-0.3, -0.25) is 4.79 Å². The van der Waals surface area contributed by atoms with E-state index in [-0.39, 0.29) is 16.8 Å². The summed E-state index contributed by atoms with van der Waals surface area (Å²) in [6.45, 7) is 4.00. The molecule has 3 aromatic carbocycles. The zero-order valence-corrected chi connectivity index (χ0v) is 20.9. The second kappa shape index (κ2) is 10.1. The molecule has 1 amide bonds. The average molecular weight is 516 g/mol. The Morgan fingerprint density at radius 3 is 2.61 bits per heavy atom. The van der Waals surface area contributed by atoms with E-state index >= 15 is 0 Å². The number of amides is 1. The summed E-state index contributed by atoms with van der Waals surface area (Å²) < 4.78 is 5.99. The maximum atomic E-state index is 12.3. The number of nitrogens with zero attached hydrogens (tertiary/aromatic N) is 1. The summed E-state index contributed by atoms with van der Waals surface area (Å²) in [6.07, 6.45) is 0. The van der Waals surface area contributed by atoms with E-state index in [1.54, 1.807) is 30.3 Å². The molecule has 0 aliphatic carbocycles. The third kappa shape index (κ3) is 5.86. The lowest BCUT2D eigenvalue weighted by molar-refractivity contribution is -0.117. The Kier molecular flexibility index (Phi) is 7.24. The lowest BCUT2D eigenvalue weighted by atomic mass is 10.1. The molecule has 1 heterocycles. The van der Waals surface area contributed by atoms with Crippen molar-refractivity contribution in [3.8, 4) is 11.5 Å². The second-order valence-corrected chi connectivity index (χ2v) is 9.69. The number of thioether (sulfide) groups is 1. The zero-order chi connectivity index (χ0) is 23.5. The molecule has 0 fully saturated rings. The van der Waals surface area contributed by atoms with Gasteiger partial charge in [0.05, 0.1) is 16.3 Å². The van der Waals surface area contributed by atoms with Crippen molar-refractivity contribution in [3.63, 3.8) is 0 Å². The Labute approximate surface area is 210 Å². The van der Waals surface area contributed by atoms with Gasteiger partial charge in [-0.05, 0) is 85.7 Å². The minimum Gasteiger partial charge on any atom is -0.436 e. The Morgan fingerprint density at radius 2 is 1.85 bits per heavy atom. The van der Waals surface area contributed by atoms with Crippen LogP contribution in [0.3, 0.4) is 0 Å². The topological polar surface area (TPSA) is 67.2 Å². The molecule has 33 heavy (non-hydrogen) atoms. The molecular formula is C24H19Cl2N3O2S2. The fraction of sp³-hybridized carbons (Fsp3) is 0.125. The van der Waals surface area contributed by atoms with Crippen molar-refractivity contribution < 1.29 is 9.21 Å². The van der Waals surface area contributed by atoms with Crippen LogP contribution in [0.2, 0.25) is 10.0 Å². The molecule has 5 nitrogen and oxygen atoms in total. The monoisotopic (exact) mass is 515 g/mol. The van der Waals surface area contributed by atoms with Gasteiger partial charge in [0.15, 0.2) is 10.7 Å². The molecule has 4 aromatic rings. The molecule has 0 radical (unpaired) electrons. The first-order valence-corrected chi connectivity index (χ1v) is 12.1. The number of aromatic nitrogens is 1. The van der Waals surface area contributed by atoms with Gasteiger partial charge in [-0.2, -0.15) is 0 Å². The van der Waals surface area contributed by atoms with Crippen molar-refractivity contribution in [1.29, 1.82) is 0 Å². The van der Waals surface area contributed by atoms with Crippen molar-refractivity contribution in [1.82, 2.24) is 10.3 Å². The Balaban J connectivity index is 1.43. The molecule has 0 aliphatic heterocycles. The van der Waals surface area contributed by atoms with Crippen LogP contribution in [-0.4, -0.2) is 21.8 Å². The van der Waals surface area contributed by atoms with Crippen LogP contribution in [0.15, 0.2) is 63.9 Å². The van der Waals surface area contributed by atoms with Crippen LogP contribution < -0.4 is 10.6 Å². The number of rotatable bonds is 5. The molecule has 0 spiro atoms. The fourth-order valence-corrected chi connectivity index (χ4v) is 4.52. The van der Waals surface area contributed by atoms with Crippen LogP contribution in [0.25, 0.3) is 22.6 Å². The van der Waals surface area contributed by atoms with Crippen molar-refractivity contribution in [2.45, 2.75) is 18.7 Å². The average Bonchev–Trinajstić information content (AvgIpc) is 3.19. The van der Waals surface area contributed by atoms with E-state index < -0.39 is 0 Å². The number of benzene rings is 3. The van der Waals surface area contributed by atoms with Gasteiger partial charge in [0.2, 0.25) is 11.8 Å². The lowest BCUT2D eigenvalue weighted by Crippen LogP contribution is -2.35. The number of carbonyl (C=O) groups excluding carboxylic acids is 1. The van der Waals surface area contributed by atoms with Gasteiger partial charge >= 0.3 is 0 Å². The van der Waals surface area contributed by atoms with E-state index in [2.05, 4.69) is 15.6 Å². The van der Waals surface area contributed by atoms with Crippen molar-refractivity contribution >= 4 is 75.0 Å². The highest BCUT2D eigenvalue weighted by Crippen LogP contribution is 2.33. The van der Waals surface area contributed by atoms with Gasteiger partial charge in [0.25, 0.3) is 0 Å². The number of hydrogen-bond donors (Lipinski definition) is 2. The van der Waals surface area contributed by atoms with E-state index in [4.69, 9.17) is 39.8 Å². The molecule has 0 atom stereocenters. The number of carbonyl (C=O) groups is 1. The fourth-order valence-electron chi connectivity index (χ4n) is 3.26. The number of thiocarbonyl (C=S) groups is 1. The van der Waals surface area contributed by atoms with Crippen molar-refractivity contribution in [3.05, 3.63) is 75.8 Å². The maximum Gasteiger partial charge on any atom is 0.236 e. The Hall–Kier alpha value is -2.58. The number of nitrogens with one attached hydrogen (secondary N) is 2. The predicted molar refractivity (Wildman–Crippen MR) is 140 cm³/mol. The van der Waals surface area contributed by atoms with Crippen LogP contribution in [0.1, 0.15) is 11.1 Å². The first kappa shape index (κ1) is 23.6. The molecule has 0 saturated carbocycles. The largest absolute Gasteiger partial charge is 0.436 e. The normalized spacial score (nSPS) is 10.9. The molecule has 0 bridgehead atoms. The van der Waals surface area contributed by atoms with Gasteiger partial charge in [-0.15, -0.1) is 11.8 Å². The summed E-state index contributed by atoms with van der Waals surface area (Å²) in [5.41, 5.74) is 4.90. The number of hydrogen-bond acceptors (Lipinski definition) is 5. The van der Waals surface area contributed by atoms with Gasteiger partial charge in [-0.1, -0.05) is 29.3 Å². The zero-order valence-electron chi connectivity index (χ0n) is 17.7. The second-order valence-electron chi connectivity index (χ2n) is 7.39. The number of oxazole rings is 1. The number of aryl methyl sites for hydroxylation is 2. The van der Waals surface area contributed by atoms with E-state index in [0.717, 1.165) is 27.1 Å². The minimum absolute atomic E-state index is 0.189. The van der Waals surface area contributed by atoms with Gasteiger partial charge in [0.1, 0.15) is 5.52 Å².